The van der Waals surface area contributed by atoms with Crippen molar-refractivity contribution in [3.63, 3.8) is 0 Å². The Bertz CT molecular complexity index is 229. The zero-order chi connectivity index (χ0) is 11.5. The minimum Gasteiger partial charge on any atom is -0.491 e. The molecule has 0 aliphatic heterocycles. The largest absolute Gasteiger partial charge is 0.491 e. The highest BCUT2D eigenvalue weighted by atomic mass is 16.5. The van der Waals surface area contributed by atoms with Gasteiger partial charge in [0, 0.05) is 7.11 Å². The maximum absolute atomic E-state index is 5.42. The average Bonchev–Trinajstić information content (AvgIpc) is 2.33. The molecule has 86 valence electrons. The lowest BCUT2D eigenvalue weighted by atomic mass is 10.2. The van der Waals surface area contributed by atoms with Crippen LogP contribution in [0.15, 0.2) is 24.3 Å². The summed E-state index contributed by atoms with van der Waals surface area (Å²) in [4.78, 5) is 0. The van der Waals surface area contributed by atoms with Crippen molar-refractivity contribution in [2.75, 3.05) is 20.3 Å². The molecule has 1 aromatic rings. The van der Waals surface area contributed by atoms with Gasteiger partial charge in [0.1, 0.15) is 12.4 Å². The Morgan fingerprint density at radius 1 is 1.00 bits per heavy atom. The van der Waals surface area contributed by atoms with E-state index in [4.69, 9.17) is 9.47 Å². The molecule has 0 unspecified atom stereocenters. The summed E-state index contributed by atoms with van der Waals surface area (Å²) in [7, 11) is 1.67. The average molecular weight is 210 g/mol. The Morgan fingerprint density at radius 2 is 1.60 bits per heavy atom. The number of rotatable bonds is 5. The molecule has 0 spiro atoms. The van der Waals surface area contributed by atoms with Crippen LogP contribution >= 0.6 is 0 Å². The summed E-state index contributed by atoms with van der Waals surface area (Å²) in [6.45, 7) is 7.39. The van der Waals surface area contributed by atoms with Gasteiger partial charge >= 0.3 is 0 Å². The van der Waals surface area contributed by atoms with Gasteiger partial charge in [0.25, 0.3) is 0 Å². The van der Waals surface area contributed by atoms with E-state index in [2.05, 4.69) is 19.1 Å². The van der Waals surface area contributed by atoms with Gasteiger partial charge in [-0.3, -0.25) is 0 Å². The first-order valence-electron chi connectivity index (χ1n) is 5.57. The maximum Gasteiger partial charge on any atom is 0.119 e. The summed E-state index contributed by atoms with van der Waals surface area (Å²) >= 11 is 0. The number of ether oxygens (including phenoxy) is 2. The Morgan fingerprint density at radius 3 is 2.07 bits per heavy atom. The van der Waals surface area contributed by atoms with Crippen LogP contribution in [0, 0.1) is 0 Å². The quantitative estimate of drug-likeness (QED) is 0.694. The fourth-order valence-electron chi connectivity index (χ4n) is 1.06. The van der Waals surface area contributed by atoms with Gasteiger partial charge in [-0.25, -0.2) is 0 Å². The molecule has 1 aromatic carbocycles. The number of hydrogen-bond donors (Lipinski definition) is 0. The molecule has 0 N–H and O–H groups in total. The second-order valence-electron chi connectivity index (χ2n) is 2.84. The van der Waals surface area contributed by atoms with E-state index in [9.17, 15) is 0 Å². The first-order chi connectivity index (χ1) is 7.36. The smallest absolute Gasteiger partial charge is 0.119 e. The number of hydrogen-bond acceptors (Lipinski definition) is 2. The predicted molar refractivity (Wildman–Crippen MR) is 64.5 cm³/mol. The Labute approximate surface area is 93.2 Å². The summed E-state index contributed by atoms with van der Waals surface area (Å²) in [6, 6.07) is 8.16. The van der Waals surface area contributed by atoms with Gasteiger partial charge in [-0.15, -0.1) is 0 Å². The van der Waals surface area contributed by atoms with Gasteiger partial charge in [0.15, 0.2) is 0 Å². The number of benzene rings is 1. The third-order valence-corrected chi connectivity index (χ3v) is 1.89. The minimum atomic E-state index is 0.613. The number of aryl methyl sites for hydroxylation is 1. The molecule has 0 fully saturated rings. The Hall–Kier alpha value is -1.02. The topological polar surface area (TPSA) is 18.5 Å². The SMILES string of the molecule is CC.CCc1ccc(OCCOC)cc1. The Balaban J connectivity index is 0.000000921. The van der Waals surface area contributed by atoms with Crippen LogP contribution in [0.3, 0.4) is 0 Å². The van der Waals surface area contributed by atoms with Crippen molar-refractivity contribution >= 4 is 0 Å². The van der Waals surface area contributed by atoms with E-state index in [1.54, 1.807) is 7.11 Å². The molecule has 0 saturated carbocycles. The second-order valence-corrected chi connectivity index (χ2v) is 2.84. The molecule has 0 heterocycles. The van der Waals surface area contributed by atoms with Crippen LogP contribution < -0.4 is 4.74 Å². The highest BCUT2D eigenvalue weighted by Gasteiger charge is 1.93. The molecule has 0 atom stereocenters. The minimum absolute atomic E-state index is 0.613. The predicted octanol–water partition coefficient (Wildman–Crippen LogP) is 3.30. The molecule has 2 heteroatoms. The van der Waals surface area contributed by atoms with Crippen LogP contribution in [-0.4, -0.2) is 20.3 Å². The fraction of sp³-hybridized carbons (Fsp3) is 0.538. The van der Waals surface area contributed by atoms with Crippen molar-refractivity contribution in [2.45, 2.75) is 27.2 Å². The molecular formula is C13H22O2. The summed E-state index contributed by atoms with van der Waals surface area (Å²) < 4.78 is 10.3. The zero-order valence-electron chi connectivity index (χ0n) is 10.2. The molecule has 0 aliphatic rings. The van der Waals surface area contributed by atoms with E-state index in [0.29, 0.717) is 13.2 Å². The molecule has 0 bridgehead atoms. The first kappa shape index (κ1) is 14.0. The van der Waals surface area contributed by atoms with Crippen LogP contribution in [0.2, 0.25) is 0 Å². The van der Waals surface area contributed by atoms with Gasteiger partial charge in [-0.2, -0.15) is 0 Å². The van der Waals surface area contributed by atoms with E-state index in [1.807, 2.05) is 26.0 Å². The molecule has 0 saturated heterocycles. The van der Waals surface area contributed by atoms with Gasteiger partial charge in [-0.05, 0) is 24.1 Å². The van der Waals surface area contributed by atoms with Crippen molar-refractivity contribution in [2.24, 2.45) is 0 Å². The third kappa shape index (κ3) is 6.13. The van der Waals surface area contributed by atoms with Gasteiger partial charge < -0.3 is 9.47 Å². The van der Waals surface area contributed by atoms with Crippen LogP contribution in [0.1, 0.15) is 26.3 Å². The first-order valence-corrected chi connectivity index (χ1v) is 5.57. The van der Waals surface area contributed by atoms with E-state index < -0.39 is 0 Å². The van der Waals surface area contributed by atoms with Crippen molar-refractivity contribution in [3.05, 3.63) is 29.8 Å². The molecule has 15 heavy (non-hydrogen) atoms. The summed E-state index contributed by atoms with van der Waals surface area (Å²) in [5.74, 6) is 0.911. The normalized spacial score (nSPS) is 9.07. The molecule has 1 rings (SSSR count). The van der Waals surface area contributed by atoms with Crippen LogP contribution in [0.25, 0.3) is 0 Å². The van der Waals surface area contributed by atoms with E-state index in [0.717, 1.165) is 12.2 Å². The van der Waals surface area contributed by atoms with Crippen LogP contribution in [0.4, 0.5) is 0 Å². The molecule has 0 amide bonds. The summed E-state index contributed by atoms with van der Waals surface area (Å²) in [5.41, 5.74) is 1.33. The summed E-state index contributed by atoms with van der Waals surface area (Å²) in [6.07, 6.45) is 1.07. The van der Waals surface area contributed by atoms with Crippen molar-refractivity contribution < 1.29 is 9.47 Å². The molecule has 0 aromatic heterocycles. The highest BCUT2D eigenvalue weighted by molar-refractivity contribution is 5.27. The monoisotopic (exact) mass is 210 g/mol. The van der Waals surface area contributed by atoms with Gasteiger partial charge in [-0.1, -0.05) is 32.9 Å². The lowest BCUT2D eigenvalue weighted by molar-refractivity contribution is 0.146. The van der Waals surface area contributed by atoms with Gasteiger partial charge in [0.05, 0.1) is 6.61 Å². The lowest BCUT2D eigenvalue weighted by Gasteiger charge is -2.05. The van der Waals surface area contributed by atoms with Crippen LogP contribution in [-0.2, 0) is 11.2 Å². The van der Waals surface area contributed by atoms with Gasteiger partial charge in [0.2, 0.25) is 0 Å². The highest BCUT2D eigenvalue weighted by Crippen LogP contribution is 2.11. The number of methoxy groups -OCH3 is 1. The van der Waals surface area contributed by atoms with Crippen molar-refractivity contribution in [1.29, 1.82) is 0 Å². The Kier molecular flexibility index (Phi) is 8.88. The zero-order valence-corrected chi connectivity index (χ0v) is 10.2. The molecular weight excluding hydrogens is 188 g/mol. The van der Waals surface area contributed by atoms with Crippen molar-refractivity contribution in [1.82, 2.24) is 0 Å². The van der Waals surface area contributed by atoms with Crippen LogP contribution in [0.5, 0.6) is 5.75 Å². The standard InChI is InChI=1S/C11H16O2.C2H6/c1-3-10-4-6-11(7-5-10)13-9-8-12-2;1-2/h4-7H,3,8-9H2,1-2H3;1-2H3. The van der Waals surface area contributed by atoms with Crippen molar-refractivity contribution in [3.8, 4) is 5.75 Å². The summed E-state index contributed by atoms with van der Waals surface area (Å²) in [5, 5.41) is 0. The molecule has 0 aliphatic carbocycles. The maximum atomic E-state index is 5.42. The lowest BCUT2D eigenvalue weighted by Crippen LogP contribution is -2.03. The van der Waals surface area contributed by atoms with E-state index in [1.165, 1.54) is 5.56 Å². The third-order valence-electron chi connectivity index (χ3n) is 1.89. The second kappa shape index (κ2) is 9.53. The molecule has 0 radical (unpaired) electrons. The molecule has 2 nitrogen and oxygen atoms in total. The fourth-order valence-corrected chi connectivity index (χ4v) is 1.06. The van der Waals surface area contributed by atoms with E-state index in [-0.39, 0.29) is 0 Å². The van der Waals surface area contributed by atoms with E-state index >= 15 is 0 Å².